The minimum atomic E-state index is -0.391. The van der Waals surface area contributed by atoms with Gasteiger partial charge in [-0.15, -0.1) is 0 Å². The molecule has 0 bridgehead atoms. The summed E-state index contributed by atoms with van der Waals surface area (Å²) in [6.07, 6.45) is 1.60. The Balaban J connectivity index is 2.65. The van der Waals surface area contributed by atoms with Gasteiger partial charge >= 0.3 is 0 Å². The molecule has 0 aromatic carbocycles. The van der Waals surface area contributed by atoms with Crippen LogP contribution in [0.3, 0.4) is 0 Å². The molecule has 4 nitrogen and oxygen atoms in total. The lowest BCUT2D eigenvalue weighted by Gasteiger charge is -2.19. The van der Waals surface area contributed by atoms with Crippen molar-refractivity contribution < 1.29 is 9.59 Å². The van der Waals surface area contributed by atoms with Crippen molar-refractivity contribution in [3.05, 3.63) is 0 Å². The average molecular weight is 156 g/mol. The van der Waals surface area contributed by atoms with E-state index in [1.54, 1.807) is 0 Å². The summed E-state index contributed by atoms with van der Waals surface area (Å²) >= 11 is 0. The van der Waals surface area contributed by atoms with Gasteiger partial charge in [-0.2, -0.15) is 0 Å². The molecule has 0 aromatic heterocycles. The highest BCUT2D eigenvalue weighted by Gasteiger charge is 2.30. The molecule has 1 atom stereocenters. The van der Waals surface area contributed by atoms with Gasteiger partial charge in [-0.1, -0.05) is 0 Å². The number of carbonyl (C=O) groups is 2. The molecule has 0 spiro atoms. The zero-order valence-corrected chi connectivity index (χ0v) is 6.54. The number of nitrogens with two attached hydrogens (primary N) is 1. The molecule has 0 saturated carbocycles. The number of primary amides is 1. The van der Waals surface area contributed by atoms with E-state index in [-0.39, 0.29) is 11.9 Å². The molecule has 62 valence electrons. The monoisotopic (exact) mass is 156 g/mol. The van der Waals surface area contributed by atoms with Gasteiger partial charge in [0.1, 0.15) is 6.04 Å². The molecule has 1 aliphatic rings. The van der Waals surface area contributed by atoms with Crippen LogP contribution < -0.4 is 5.73 Å². The van der Waals surface area contributed by atoms with E-state index in [0.29, 0.717) is 6.54 Å². The van der Waals surface area contributed by atoms with Gasteiger partial charge in [0.15, 0.2) is 0 Å². The highest BCUT2D eigenvalue weighted by molar-refractivity contribution is 5.86. The van der Waals surface area contributed by atoms with E-state index in [0.717, 1.165) is 12.8 Å². The summed E-state index contributed by atoms with van der Waals surface area (Å²) in [4.78, 5) is 23.2. The van der Waals surface area contributed by atoms with E-state index in [4.69, 9.17) is 5.73 Å². The molecule has 1 saturated heterocycles. The Hall–Kier alpha value is -1.06. The van der Waals surface area contributed by atoms with Gasteiger partial charge in [0.25, 0.3) is 0 Å². The maximum Gasteiger partial charge on any atom is 0.240 e. The van der Waals surface area contributed by atoms with Crippen LogP contribution in [0.5, 0.6) is 0 Å². The second-order valence-corrected chi connectivity index (χ2v) is 2.77. The minimum Gasteiger partial charge on any atom is -0.368 e. The lowest BCUT2D eigenvalue weighted by molar-refractivity contribution is -0.135. The van der Waals surface area contributed by atoms with Gasteiger partial charge in [-0.25, -0.2) is 0 Å². The van der Waals surface area contributed by atoms with Gasteiger partial charge in [0, 0.05) is 13.5 Å². The maximum absolute atomic E-state index is 10.9. The first-order valence-corrected chi connectivity index (χ1v) is 3.69. The average Bonchev–Trinajstić information content (AvgIpc) is 2.32. The quantitative estimate of drug-likeness (QED) is 0.555. The van der Waals surface area contributed by atoms with Gasteiger partial charge in [0.2, 0.25) is 11.8 Å². The molecule has 1 heterocycles. The first-order valence-electron chi connectivity index (χ1n) is 3.69. The summed E-state index contributed by atoms with van der Waals surface area (Å²) < 4.78 is 0. The highest BCUT2D eigenvalue weighted by atomic mass is 16.2. The van der Waals surface area contributed by atoms with Crippen molar-refractivity contribution in [2.45, 2.75) is 25.8 Å². The third-order valence-corrected chi connectivity index (χ3v) is 1.99. The van der Waals surface area contributed by atoms with Crippen molar-refractivity contribution in [3.8, 4) is 0 Å². The van der Waals surface area contributed by atoms with E-state index in [9.17, 15) is 9.59 Å². The van der Waals surface area contributed by atoms with Crippen LogP contribution in [-0.2, 0) is 9.59 Å². The molecule has 2 N–H and O–H groups in total. The van der Waals surface area contributed by atoms with Crippen LogP contribution in [0.4, 0.5) is 0 Å². The van der Waals surface area contributed by atoms with Gasteiger partial charge in [0.05, 0.1) is 0 Å². The van der Waals surface area contributed by atoms with Gasteiger partial charge in [-0.05, 0) is 12.8 Å². The van der Waals surface area contributed by atoms with Crippen molar-refractivity contribution in [1.29, 1.82) is 0 Å². The largest absolute Gasteiger partial charge is 0.368 e. The molecule has 1 fully saturated rings. The predicted octanol–water partition coefficient (Wildman–Crippen LogP) is -0.517. The standard InChI is InChI=1S/C7H12N2O2/c1-5(10)9-4-2-3-6(9)7(8)11/h6H,2-4H2,1H3,(H2,8,11)/t6-/m0/s1. The van der Waals surface area contributed by atoms with Crippen LogP contribution in [0, 0.1) is 0 Å². The number of nitrogens with zero attached hydrogens (tertiary/aromatic N) is 1. The first-order chi connectivity index (χ1) is 5.13. The molecular weight excluding hydrogens is 144 g/mol. The summed E-state index contributed by atoms with van der Waals surface area (Å²) in [5, 5.41) is 0. The molecule has 0 aliphatic carbocycles. The van der Waals surface area contributed by atoms with Crippen molar-refractivity contribution in [1.82, 2.24) is 4.90 Å². The second-order valence-electron chi connectivity index (χ2n) is 2.77. The SMILES string of the molecule is CC(=O)N1CCC[C@H]1C(N)=O. The zero-order chi connectivity index (χ0) is 8.43. The third kappa shape index (κ3) is 1.50. The molecule has 0 aromatic rings. The number of likely N-dealkylation sites (tertiary alicyclic amines) is 1. The Labute approximate surface area is 65.3 Å². The third-order valence-electron chi connectivity index (χ3n) is 1.99. The zero-order valence-electron chi connectivity index (χ0n) is 6.54. The van der Waals surface area contributed by atoms with E-state index in [2.05, 4.69) is 0 Å². The van der Waals surface area contributed by atoms with Crippen molar-refractivity contribution in [2.24, 2.45) is 5.73 Å². The number of hydrogen-bond acceptors (Lipinski definition) is 2. The van der Waals surface area contributed by atoms with E-state index in [1.165, 1.54) is 11.8 Å². The van der Waals surface area contributed by atoms with Gasteiger partial charge < -0.3 is 10.6 Å². The van der Waals surface area contributed by atoms with Crippen molar-refractivity contribution in [3.63, 3.8) is 0 Å². The molecule has 1 rings (SSSR count). The lowest BCUT2D eigenvalue weighted by atomic mass is 10.2. The summed E-state index contributed by atoms with van der Waals surface area (Å²) in [7, 11) is 0. The Bertz CT molecular complexity index is 171. The van der Waals surface area contributed by atoms with E-state index >= 15 is 0 Å². The van der Waals surface area contributed by atoms with Crippen LogP contribution in [0.1, 0.15) is 19.8 Å². The Morgan fingerprint density at radius 3 is 2.55 bits per heavy atom. The molecule has 1 aliphatic heterocycles. The van der Waals surface area contributed by atoms with Crippen molar-refractivity contribution in [2.75, 3.05) is 6.54 Å². The number of carbonyl (C=O) groups excluding carboxylic acids is 2. The Morgan fingerprint density at radius 2 is 2.18 bits per heavy atom. The molecule has 0 unspecified atom stereocenters. The van der Waals surface area contributed by atoms with Crippen LogP contribution in [-0.4, -0.2) is 29.3 Å². The summed E-state index contributed by atoms with van der Waals surface area (Å²) in [6, 6.07) is -0.354. The molecule has 2 amide bonds. The number of amides is 2. The molecule has 4 heteroatoms. The fourth-order valence-corrected chi connectivity index (χ4v) is 1.44. The van der Waals surface area contributed by atoms with Crippen LogP contribution in [0.2, 0.25) is 0 Å². The normalized spacial score (nSPS) is 23.7. The predicted molar refractivity (Wildman–Crippen MR) is 39.6 cm³/mol. The molecule has 11 heavy (non-hydrogen) atoms. The fourth-order valence-electron chi connectivity index (χ4n) is 1.44. The minimum absolute atomic E-state index is 0.0636. The Morgan fingerprint density at radius 1 is 1.55 bits per heavy atom. The summed E-state index contributed by atoms with van der Waals surface area (Å²) in [6.45, 7) is 2.13. The maximum atomic E-state index is 10.9. The topological polar surface area (TPSA) is 63.4 Å². The molecular formula is C7H12N2O2. The highest BCUT2D eigenvalue weighted by Crippen LogP contribution is 2.16. The van der Waals surface area contributed by atoms with Crippen LogP contribution >= 0.6 is 0 Å². The van der Waals surface area contributed by atoms with E-state index in [1.807, 2.05) is 0 Å². The molecule has 0 radical (unpaired) electrons. The van der Waals surface area contributed by atoms with E-state index < -0.39 is 5.91 Å². The number of hydrogen-bond donors (Lipinski definition) is 1. The fraction of sp³-hybridized carbons (Fsp3) is 0.714. The van der Waals surface area contributed by atoms with Crippen LogP contribution in [0.25, 0.3) is 0 Å². The lowest BCUT2D eigenvalue weighted by Crippen LogP contribution is -2.42. The second kappa shape index (κ2) is 2.90. The Kier molecular flexibility index (Phi) is 2.12. The number of rotatable bonds is 1. The van der Waals surface area contributed by atoms with Crippen LogP contribution in [0.15, 0.2) is 0 Å². The summed E-state index contributed by atoms with van der Waals surface area (Å²) in [5.74, 6) is -0.455. The smallest absolute Gasteiger partial charge is 0.240 e. The summed E-state index contributed by atoms with van der Waals surface area (Å²) in [5.41, 5.74) is 5.09. The van der Waals surface area contributed by atoms with Crippen molar-refractivity contribution >= 4 is 11.8 Å². The van der Waals surface area contributed by atoms with Gasteiger partial charge in [-0.3, -0.25) is 9.59 Å². The first kappa shape index (κ1) is 8.04.